The predicted octanol–water partition coefficient (Wildman–Crippen LogP) is 3.78. The molecule has 0 heterocycles. The van der Waals surface area contributed by atoms with Crippen LogP contribution in [0.2, 0.25) is 0 Å². The molecule has 8 N–H and O–H groups in total. The Balaban J connectivity index is 1.39. The molecule has 0 spiro atoms. The van der Waals surface area contributed by atoms with Crippen molar-refractivity contribution in [3.63, 3.8) is 0 Å². The Bertz CT molecular complexity index is 2120. The molecule has 65 heavy (non-hydrogen) atoms. The SMILES string of the molecule is CC(C)(C)OC(=O)NCCCC[C@H](NC(=O)[C@H](CO)NC(=O)CN)C(=O)Nc1cc(C(=O)O[C@]2(C(=O)SCF)CC[C@H]3[C@@H]4C[C@H](F)C5=CC(=O)C=C[C@]5(C)[C@@]4(F)[C@@H](O)C[C@@]32C)ccc1F. The summed E-state index contributed by atoms with van der Waals surface area (Å²) in [5.41, 5.74) is -4.59. The van der Waals surface area contributed by atoms with Gasteiger partial charge in [0.2, 0.25) is 22.8 Å². The van der Waals surface area contributed by atoms with Crippen LogP contribution in [-0.4, -0.2) is 118 Å². The number of esters is 1. The lowest BCUT2D eigenvalue weighted by Crippen LogP contribution is -2.70. The second-order valence-corrected chi connectivity index (χ2v) is 19.2. The van der Waals surface area contributed by atoms with E-state index < -0.39 is 154 Å². The van der Waals surface area contributed by atoms with E-state index >= 15 is 13.2 Å². The Morgan fingerprint density at radius 1 is 1.05 bits per heavy atom. The molecule has 21 heteroatoms. The number of anilines is 1. The normalized spacial score (nSPS) is 30.0. The number of nitrogens with one attached hydrogen (secondary N) is 4. The zero-order valence-electron chi connectivity index (χ0n) is 36.8. The van der Waals surface area contributed by atoms with E-state index in [1.165, 1.54) is 19.9 Å². The number of rotatable bonds is 16. The molecule has 3 saturated carbocycles. The lowest BCUT2D eigenvalue weighted by molar-refractivity contribution is -0.219. The summed E-state index contributed by atoms with van der Waals surface area (Å²) in [4.78, 5) is 91.2. The summed E-state index contributed by atoms with van der Waals surface area (Å²) in [5, 5.41) is 30.1. The molecule has 0 bridgehead atoms. The van der Waals surface area contributed by atoms with Crippen molar-refractivity contribution in [1.29, 1.82) is 0 Å². The summed E-state index contributed by atoms with van der Waals surface area (Å²) in [6, 6.07) is -1.50. The van der Waals surface area contributed by atoms with Crippen LogP contribution in [0, 0.1) is 28.5 Å². The van der Waals surface area contributed by atoms with Crippen LogP contribution in [0.3, 0.4) is 0 Å². The molecule has 0 aromatic heterocycles. The van der Waals surface area contributed by atoms with Gasteiger partial charge in [0.1, 0.15) is 35.7 Å². The Morgan fingerprint density at radius 2 is 1.75 bits per heavy atom. The molecule has 16 nitrogen and oxygen atoms in total. The average molecular weight is 940 g/mol. The van der Waals surface area contributed by atoms with Crippen LogP contribution in [0.15, 0.2) is 42.0 Å². The van der Waals surface area contributed by atoms with Gasteiger partial charge in [-0.25, -0.2) is 27.2 Å². The van der Waals surface area contributed by atoms with Gasteiger partial charge >= 0.3 is 12.1 Å². The fraction of sp³-hybridized carbons (Fsp3) is 0.614. The number of hydrogen-bond donors (Lipinski definition) is 7. The standard InChI is InChI=1S/C44H57F4N5O11S/c1-40(2,3)64-39(62)50-15-7-6-8-30(52-36(59)32(21-54)51-34(57)20-49)35(58)53-31-16-23(9-10-28(31)46)37(60)63-43(38(61)65-22-45)14-12-25-26-18-29(47)27-17-24(55)11-13-41(27,4)44(26,48)33(56)19-42(25,43)5/h9-11,13,16-17,25-26,29-30,32-33,54,56H,6-8,12,14-15,18-22,49H2,1-5H3,(H,50,62)(H,51,57)(H,52,59)(H,53,58)/t25-,26-,29-,30-,32-,33-,41-,42-,43-,44-/m0/s1. The Morgan fingerprint density at radius 3 is 2.40 bits per heavy atom. The molecule has 358 valence electrons. The van der Waals surface area contributed by atoms with Gasteiger partial charge in [0.15, 0.2) is 17.1 Å². The number of nitrogens with two attached hydrogens (primary N) is 1. The zero-order valence-corrected chi connectivity index (χ0v) is 37.6. The van der Waals surface area contributed by atoms with Crippen LogP contribution >= 0.6 is 11.8 Å². The summed E-state index contributed by atoms with van der Waals surface area (Å²) in [6.45, 7) is 6.66. The first-order valence-electron chi connectivity index (χ1n) is 21.3. The number of hydrogen-bond acceptors (Lipinski definition) is 13. The van der Waals surface area contributed by atoms with Crippen molar-refractivity contribution in [2.75, 3.05) is 31.0 Å². The molecular weight excluding hydrogens is 883 g/mol. The minimum absolute atomic E-state index is 0.00213. The molecule has 10 atom stereocenters. The Hall–Kier alpha value is -4.86. The highest BCUT2D eigenvalue weighted by Gasteiger charge is 2.76. The third kappa shape index (κ3) is 10.1. The molecule has 0 unspecified atom stereocenters. The maximum atomic E-state index is 17.8. The number of aliphatic hydroxyl groups excluding tert-OH is 2. The van der Waals surface area contributed by atoms with Crippen LogP contribution in [0.5, 0.6) is 0 Å². The molecule has 4 aliphatic carbocycles. The number of allylic oxidation sites excluding steroid dienone is 4. The van der Waals surface area contributed by atoms with E-state index in [-0.39, 0.29) is 56.0 Å². The van der Waals surface area contributed by atoms with Gasteiger partial charge in [-0.05, 0) is 126 Å². The van der Waals surface area contributed by atoms with Gasteiger partial charge in [0, 0.05) is 23.3 Å². The molecule has 4 amide bonds. The predicted molar refractivity (Wildman–Crippen MR) is 228 cm³/mol. The summed E-state index contributed by atoms with van der Waals surface area (Å²) < 4.78 is 74.4. The highest BCUT2D eigenvalue weighted by Crippen LogP contribution is 2.71. The summed E-state index contributed by atoms with van der Waals surface area (Å²) in [5.74, 6) is -7.74. The molecule has 1 aromatic carbocycles. The number of aliphatic hydroxyl groups is 2. The monoisotopic (exact) mass is 939 g/mol. The molecule has 0 radical (unpaired) electrons. The van der Waals surface area contributed by atoms with Gasteiger partial charge in [-0.3, -0.25) is 24.0 Å². The number of ketones is 1. The quantitative estimate of drug-likeness (QED) is 0.0709. The highest BCUT2D eigenvalue weighted by molar-refractivity contribution is 8.13. The number of thioether (sulfide) groups is 1. The second-order valence-electron chi connectivity index (χ2n) is 18.3. The smallest absolute Gasteiger partial charge is 0.407 e. The number of benzene rings is 1. The number of alkyl halides is 3. The molecule has 0 aliphatic heterocycles. The maximum absolute atomic E-state index is 17.8. The van der Waals surface area contributed by atoms with Crippen molar-refractivity contribution in [2.45, 2.75) is 121 Å². The molecule has 0 saturated heterocycles. The number of fused-ring (bicyclic) bond motifs is 5. The second kappa shape index (κ2) is 19.9. The third-order valence-electron chi connectivity index (χ3n) is 13.2. The van der Waals surface area contributed by atoms with Crippen LogP contribution < -0.4 is 27.0 Å². The summed E-state index contributed by atoms with van der Waals surface area (Å²) >= 11 is 0.196. The third-order valence-corrected chi connectivity index (χ3v) is 13.9. The number of unbranched alkanes of at least 4 members (excludes halogenated alkanes) is 1. The number of amides is 4. The number of halogens is 4. The zero-order chi connectivity index (χ0) is 48.3. The molecule has 3 fully saturated rings. The van der Waals surface area contributed by atoms with E-state index in [9.17, 15) is 48.2 Å². The maximum Gasteiger partial charge on any atom is 0.407 e. The van der Waals surface area contributed by atoms with E-state index in [1.807, 2.05) is 0 Å². The van der Waals surface area contributed by atoms with Crippen LogP contribution in [-0.2, 0) is 33.4 Å². The lowest BCUT2D eigenvalue weighted by Gasteiger charge is -2.63. The van der Waals surface area contributed by atoms with E-state index in [0.29, 0.717) is 0 Å². The van der Waals surface area contributed by atoms with Crippen LogP contribution in [0.1, 0.15) is 89.9 Å². The van der Waals surface area contributed by atoms with Crippen molar-refractivity contribution >= 4 is 58.1 Å². The van der Waals surface area contributed by atoms with Gasteiger partial charge in [-0.2, -0.15) is 0 Å². The topological polar surface area (TPSA) is 253 Å². The first-order valence-corrected chi connectivity index (χ1v) is 22.3. The van der Waals surface area contributed by atoms with Crippen LogP contribution in [0.25, 0.3) is 0 Å². The van der Waals surface area contributed by atoms with Gasteiger partial charge in [0.25, 0.3) is 0 Å². The van der Waals surface area contributed by atoms with E-state index in [0.717, 1.165) is 30.4 Å². The number of alkyl carbamates (subject to hydrolysis) is 1. The van der Waals surface area contributed by atoms with Gasteiger partial charge in [-0.1, -0.05) is 13.0 Å². The van der Waals surface area contributed by atoms with Gasteiger partial charge < -0.3 is 46.7 Å². The number of carbonyl (C=O) groups is 7. The van der Waals surface area contributed by atoms with Crippen LogP contribution in [0.4, 0.5) is 28.0 Å². The fourth-order valence-electron chi connectivity index (χ4n) is 10.1. The van der Waals surface area contributed by atoms with Crippen molar-refractivity contribution < 1.29 is 70.8 Å². The lowest BCUT2D eigenvalue weighted by atomic mass is 9.44. The van der Waals surface area contributed by atoms with Crippen molar-refractivity contribution in [3.8, 4) is 0 Å². The van der Waals surface area contributed by atoms with Crippen molar-refractivity contribution in [2.24, 2.45) is 28.4 Å². The Kier molecular flexibility index (Phi) is 15.7. The molecule has 4 aliphatic rings. The van der Waals surface area contributed by atoms with Gasteiger partial charge in [-0.15, -0.1) is 0 Å². The molecule has 1 aromatic rings. The number of carbonyl (C=O) groups excluding carboxylic acids is 7. The largest absolute Gasteiger partial charge is 0.446 e. The minimum Gasteiger partial charge on any atom is -0.446 e. The van der Waals surface area contributed by atoms with Crippen molar-refractivity contribution in [1.82, 2.24) is 16.0 Å². The van der Waals surface area contributed by atoms with E-state index in [4.69, 9.17) is 15.2 Å². The Labute approximate surface area is 377 Å². The first-order chi connectivity index (χ1) is 30.4. The highest BCUT2D eigenvalue weighted by atomic mass is 32.2. The average Bonchev–Trinajstić information content (AvgIpc) is 3.52. The first kappa shape index (κ1) is 51.1. The van der Waals surface area contributed by atoms with Gasteiger partial charge in [0.05, 0.1) is 30.5 Å². The molecular formula is C44H57F4N5O11S. The fourth-order valence-corrected chi connectivity index (χ4v) is 10.8. The minimum atomic E-state index is -2.52. The number of ether oxygens (including phenoxy) is 2. The molecule has 5 rings (SSSR count). The van der Waals surface area contributed by atoms with E-state index in [1.54, 1.807) is 20.8 Å². The van der Waals surface area contributed by atoms with E-state index in [2.05, 4.69) is 21.3 Å². The van der Waals surface area contributed by atoms with Crippen molar-refractivity contribution in [3.05, 3.63) is 53.4 Å². The summed E-state index contributed by atoms with van der Waals surface area (Å²) in [6.07, 6.45) is -1.81. The summed E-state index contributed by atoms with van der Waals surface area (Å²) in [7, 11) is 0.